The molecule has 0 spiro atoms. The molecule has 20 nitrogen and oxygen atoms in total. The number of hydrogen-bond acceptors (Lipinski definition) is 17. The van der Waals surface area contributed by atoms with E-state index in [4.69, 9.17) is 33.1 Å². The summed E-state index contributed by atoms with van der Waals surface area (Å²) < 4.78 is 38.9. The second kappa shape index (κ2) is 23.4. The Bertz CT molecular complexity index is 3490. The molecule has 6 aromatic rings. The van der Waals surface area contributed by atoms with Gasteiger partial charge in [0.15, 0.2) is 22.3 Å². The number of Topliss-reactive ketones (excluding diaryl/α,β-unsaturated/α-hetero) is 1. The molecule has 5 heterocycles. The molecule has 9 atom stereocenters. The van der Waals surface area contributed by atoms with Crippen molar-refractivity contribution in [3.8, 4) is 17.2 Å². The van der Waals surface area contributed by atoms with Crippen molar-refractivity contribution in [2.24, 2.45) is 23.7 Å². The Hall–Kier alpha value is -7.91. The van der Waals surface area contributed by atoms with Gasteiger partial charge in [-0.15, -0.1) is 0 Å². The minimum atomic E-state index is -2.10. The van der Waals surface area contributed by atoms with Crippen LogP contribution in [-0.4, -0.2) is 127 Å². The van der Waals surface area contributed by atoms with E-state index in [2.05, 4.69) is 15.2 Å². The molecule has 1 saturated heterocycles. The lowest BCUT2D eigenvalue weighted by Gasteiger charge is -2.38. The normalized spacial score (nSPS) is 26.6. The first-order valence-corrected chi connectivity index (χ1v) is 26.8. The first kappa shape index (κ1) is 56.8. The zero-order chi connectivity index (χ0) is 57.3. The summed E-state index contributed by atoms with van der Waals surface area (Å²) in [6.07, 6.45) is 8.56. The summed E-state index contributed by atoms with van der Waals surface area (Å²) in [7, 11) is 1.44. The number of amides is 2. The number of esters is 1. The van der Waals surface area contributed by atoms with Crippen molar-refractivity contribution in [2.45, 2.75) is 105 Å². The van der Waals surface area contributed by atoms with E-state index in [1.807, 2.05) is 29.2 Å². The van der Waals surface area contributed by atoms with Gasteiger partial charge in [0.1, 0.15) is 47.5 Å². The predicted molar refractivity (Wildman–Crippen MR) is 297 cm³/mol. The summed E-state index contributed by atoms with van der Waals surface area (Å²) in [6.45, 7) is 16.4. The third-order valence-corrected chi connectivity index (χ3v) is 15.7. The lowest BCUT2D eigenvalue weighted by molar-refractivity contribution is -0.160. The number of imidazole rings is 1. The van der Waals surface area contributed by atoms with Gasteiger partial charge < -0.3 is 58.2 Å². The third kappa shape index (κ3) is 11.3. The number of anilines is 1. The molecule has 3 aliphatic heterocycles. The number of aliphatic hydroxyl groups is 2. The molecule has 422 valence electrons. The number of hydrogen-bond donors (Lipinski definition) is 4. The quantitative estimate of drug-likeness (QED) is 0.0487. The van der Waals surface area contributed by atoms with E-state index in [-0.39, 0.29) is 85.9 Å². The fraction of sp³-hybridized carbons (Fsp3) is 0.417. The molecule has 4 N–H and O–H groups in total. The highest BCUT2D eigenvalue weighted by Gasteiger charge is 2.50. The van der Waals surface area contributed by atoms with E-state index in [9.17, 15) is 34.5 Å². The van der Waals surface area contributed by atoms with Crippen molar-refractivity contribution in [3.05, 3.63) is 130 Å². The van der Waals surface area contributed by atoms with Gasteiger partial charge in [-0.05, 0) is 43.2 Å². The molecular formula is C60H68N6O14. The number of ether oxygens (including phenoxy) is 5. The number of piperazine rings is 1. The lowest BCUT2D eigenvalue weighted by atomic mass is 9.78. The van der Waals surface area contributed by atoms with Crippen LogP contribution in [-0.2, 0) is 48.3 Å². The average molecular weight is 1100 g/mol. The summed E-state index contributed by atoms with van der Waals surface area (Å²) in [6, 6.07) is 13.0. The first-order chi connectivity index (χ1) is 38.2. The second-order valence-corrected chi connectivity index (χ2v) is 21.3. The molecule has 9 rings (SSSR count). The molecule has 2 aromatic heterocycles. The highest BCUT2D eigenvalue weighted by molar-refractivity contribution is 6.26. The van der Waals surface area contributed by atoms with Crippen LogP contribution < -0.4 is 20.2 Å². The minimum absolute atomic E-state index is 0.0363. The predicted octanol–water partition coefficient (Wildman–Crippen LogP) is 7.12. The largest absolute Gasteiger partial charge is 0.505 e. The van der Waals surface area contributed by atoms with Crippen molar-refractivity contribution in [1.29, 1.82) is 0 Å². The van der Waals surface area contributed by atoms with Crippen molar-refractivity contribution in [3.63, 3.8) is 0 Å². The van der Waals surface area contributed by atoms with Crippen LogP contribution in [0.3, 0.4) is 0 Å². The highest BCUT2D eigenvalue weighted by atomic mass is 16.7. The number of aromatic hydroxyl groups is 1. The number of carbonyl (C=O) groups excluding carboxylic acids is 4. The van der Waals surface area contributed by atoms with Crippen LogP contribution in [0.4, 0.5) is 5.69 Å². The number of aliphatic hydroxyl groups excluding tert-OH is 2. The van der Waals surface area contributed by atoms with Crippen LogP contribution in [0.15, 0.2) is 107 Å². The van der Waals surface area contributed by atoms with E-state index >= 15 is 4.79 Å². The van der Waals surface area contributed by atoms with E-state index in [0.29, 0.717) is 19.6 Å². The number of allylic oxidation sites excluding steroid dienone is 2. The number of methoxy groups -OCH3 is 1. The molecule has 3 aliphatic rings. The molecule has 4 aromatic carbocycles. The number of nitrogens with zero attached hydrogens (tertiary/aromatic N) is 5. The third-order valence-electron chi connectivity index (χ3n) is 15.7. The van der Waals surface area contributed by atoms with E-state index in [0.717, 1.165) is 24.2 Å². The maximum atomic E-state index is 15.0. The van der Waals surface area contributed by atoms with Crippen LogP contribution in [0, 0.1) is 30.6 Å². The Morgan fingerprint density at radius 2 is 1.62 bits per heavy atom. The Labute approximate surface area is 462 Å². The topological polar surface area (TPSA) is 255 Å². The lowest BCUT2D eigenvalue weighted by Crippen LogP contribution is -2.49. The van der Waals surface area contributed by atoms with Gasteiger partial charge in [-0.25, -0.2) is 9.97 Å². The molecule has 20 heteroatoms. The Balaban J connectivity index is 1.07. The Morgan fingerprint density at radius 3 is 2.31 bits per heavy atom. The maximum Gasteiger partial charge on any atom is 0.312 e. The van der Waals surface area contributed by atoms with Crippen molar-refractivity contribution < 1.29 is 62.6 Å². The number of para-hydroxylation sites is 1. The van der Waals surface area contributed by atoms with Crippen molar-refractivity contribution in [2.75, 3.05) is 38.6 Å². The molecular weight excluding hydrogens is 1030 g/mol. The van der Waals surface area contributed by atoms with Gasteiger partial charge in [-0.3, -0.25) is 28.9 Å². The Morgan fingerprint density at radius 1 is 0.900 bits per heavy atom. The molecule has 0 saturated carbocycles. The molecule has 0 unspecified atom stereocenters. The molecule has 0 radical (unpaired) electrons. The minimum Gasteiger partial charge on any atom is -0.505 e. The van der Waals surface area contributed by atoms with Crippen LogP contribution in [0.2, 0.25) is 0 Å². The molecule has 0 aliphatic carbocycles. The summed E-state index contributed by atoms with van der Waals surface area (Å²) in [4.78, 5) is 82.4. The van der Waals surface area contributed by atoms with Crippen LogP contribution in [0.25, 0.3) is 33.0 Å². The van der Waals surface area contributed by atoms with Gasteiger partial charge in [-0.1, -0.05) is 76.3 Å². The number of fused-ring (bicyclic) bond motifs is 2. The molecule has 1 fully saturated rings. The van der Waals surface area contributed by atoms with Crippen LogP contribution >= 0.6 is 0 Å². The van der Waals surface area contributed by atoms with Crippen molar-refractivity contribution in [1.82, 2.24) is 24.3 Å². The summed E-state index contributed by atoms with van der Waals surface area (Å²) in [5.41, 5.74) is 1.04. The van der Waals surface area contributed by atoms with Gasteiger partial charge in [0.05, 0.1) is 41.9 Å². The SMILES string of the molecule is CO[C@H]1/C=C/O[C@@]2(C)Oc3c(C)c(=O)c4c(O)c(c5oc6cccc(OCc7ccc(CN8CCN(C(=O)Cn9ccnc9)CC8)cc7)c6nc5c4c3C2=O)NC(=O)/C(C)=C\C=C\[C@H](C)[C@H](O)[C@@H](C)[C@@H](O)[C@@H](C)[C@H](OC(C)=O)[C@@H]1C. The standard InChI is InChI=1S/C60H68N6O14/c1-32-12-10-13-33(2)59(74)63-50-54(72)46-45(47-56(37(6)53(46)71)80-60(8,58(47)73)77-27-20-41(75-9)34(3)55(78-38(7)67)36(5)52(70)35(4)51(32)69)49-57(50)79-43-15-11-14-42(48(43)62-49)76-30-40-18-16-39(17-19-40)28-64-23-25-66(26-24-64)44(68)29-65-22-21-61-31-65/h10-22,27,31-32,34-36,41,51-52,55,69-70,72H,23-26,28-30H2,1-9H3,(H,63,74)/b12-10+,27-20+,33-13-/t32-,34+,35+,36+,41-,51-,52+,55+,60-/m0/s1. The number of aromatic nitrogens is 3. The number of phenolic OH excluding ortho intramolecular Hbond substituents is 1. The van der Waals surface area contributed by atoms with Crippen molar-refractivity contribution >= 4 is 62.2 Å². The zero-order valence-electron chi connectivity index (χ0n) is 46.3. The molecule has 4 bridgehead atoms. The number of carbonyl (C=O) groups is 4. The van der Waals surface area contributed by atoms with Crippen LogP contribution in [0.5, 0.6) is 17.2 Å². The first-order valence-electron chi connectivity index (χ1n) is 26.8. The smallest absolute Gasteiger partial charge is 0.312 e. The van der Waals surface area contributed by atoms with E-state index < -0.39 is 82.7 Å². The number of phenols is 1. The number of nitrogens with one attached hydrogen (secondary N) is 1. The Kier molecular flexibility index (Phi) is 16.6. The summed E-state index contributed by atoms with van der Waals surface area (Å²) >= 11 is 0. The summed E-state index contributed by atoms with van der Waals surface area (Å²) in [5, 5.41) is 37.7. The van der Waals surface area contributed by atoms with Crippen LogP contribution in [0.1, 0.15) is 75.5 Å². The monoisotopic (exact) mass is 1100 g/mol. The van der Waals surface area contributed by atoms with Gasteiger partial charge in [0, 0.05) is 106 Å². The van der Waals surface area contributed by atoms with Gasteiger partial charge in [0.25, 0.3) is 11.7 Å². The van der Waals surface area contributed by atoms with E-state index in [1.165, 1.54) is 53.2 Å². The van der Waals surface area contributed by atoms with Gasteiger partial charge >= 0.3 is 11.8 Å². The zero-order valence-corrected chi connectivity index (χ0v) is 46.3. The number of ketones is 1. The fourth-order valence-electron chi connectivity index (χ4n) is 10.9. The molecule has 2 amide bonds. The second-order valence-electron chi connectivity index (χ2n) is 21.3. The highest BCUT2D eigenvalue weighted by Crippen LogP contribution is 2.49. The maximum absolute atomic E-state index is 15.0. The van der Waals surface area contributed by atoms with Gasteiger partial charge in [0.2, 0.25) is 5.91 Å². The summed E-state index contributed by atoms with van der Waals surface area (Å²) in [5.74, 6) is -7.18. The molecule has 80 heavy (non-hydrogen) atoms. The number of benzene rings is 4. The van der Waals surface area contributed by atoms with E-state index in [1.54, 1.807) is 81.3 Å². The fourth-order valence-corrected chi connectivity index (χ4v) is 10.9. The number of rotatable bonds is 9. The van der Waals surface area contributed by atoms with Gasteiger partial charge in [-0.2, -0.15) is 0 Å². The average Bonchev–Trinajstić information content (AvgIpc) is 4.21.